The Morgan fingerprint density at radius 2 is 1.79 bits per heavy atom. The van der Waals surface area contributed by atoms with E-state index in [1.54, 1.807) is 0 Å². The molecule has 0 saturated carbocycles. The van der Waals surface area contributed by atoms with Gasteiger partial charge in [0, 0.05) is 28.7 Å². The number of hydrogen-bond donors (Lipinski definition) is 0. The molecule has 0 aromatic heterocycles. The SMILES string of the molecule is CC(C)Cc1ccc2c(c1)Cc1ccccc1[S+]2[O-]. The molecule has 1 aliphatic heterocycles. The Labute approximate surface area is 117 Å². The van der Waals surface area contributed by atoms with Gasteiger partial charge in [-0.1, -0.05) is 44.2 Å². The Kier molecular flexibility index (Phi) is 3.38. The maximum absolute atomic E-state index is 12.6. The molecule has 3 rings (SSSR count). The Morgan fingerprint density at radius 3 is 2.58 bits per heavy atom. The van der Waals surface area contributed by atoms with E-state index in [0.717, 1.165) is 22.6 Å². The fourth-order valence-corrected chi connectivity index (χ4v) is 4.08. The zero-order valence-corrected chi connectivity index (χ0v) is 12.2. The van der Waals surface area contributed by atoms with Gasteiger partial charge in [0.05, 0.1) is 0 Å². The summed E-state index contributed by atoms with van der Waals surface area (Å²) in [5.74, 6) is 0.652. The van der Waals surface area contributed by atoms with Crippen LogP contribution >= 0.6 is 0 Å². The van der Waals surface area contributed by atoms with Gasteiger partial charge in [0.25, 0.3) is 0 Å². The number of fused-ring (bicyclic) bond motifs is 2. The van der Waals surface area contributed by atoms with Crippen LogP contribution in [-0.4, -0.2) is 4.55 Å². The number of rotatable bonds is 2. The highest BCUT2D eigenvalue weighted by molar-refractivity contribution is 7.91. The minimum Gasteiger partial charge on any atom is -0.606 e. The molecule has 0 saturated heterocycles. The average molecular weight is 270 g/mol. The maximum atomic E-state index is 12.6. The third kappa shape index (κ3) is 2.43. The van der Waals surface area contributed by atoms with E-state index in [0.29, 0.717) is 5.92 Å². The second kappa shape index (κ2) is 5.03. The predicted octanol–water partition coefficient (Wildman–Crippen LogP) is 3.96. The monoisotopic (exact) mass is 270 g/mol. The molecule has 2 aromatic rings. The lowest BCUT2D eigenvalue weighted by molar-refractivity contribution is 0.590. The molecular weight excluding hydrogens is 252 g/mol. The Bertz CT molecular complexity index is 604. The van der Waals surface area contributed by atoms with Gasteiger partial charge in [-0.2, -0.15) is 0 Å². The van der Waals surface area contributed by atoms with Gasteiger partial charge >= 0.3 is 0 Å². The van der Waals surface area contributed by atoms with Crippen molar-refractivity contribution in [1.29, 1.82) is 0 Å². The van der Waals surface area contributed by atoms with Crippen molar-refractivity contribution in [3.05, 3.63) is 59.2 Å². The quantitative estimate of drug-likeness (QED) is 0.758. The van der Waals surface area contributed by atoms with Gasteiger partial charge in [-0.15, -0.1) is 0 Å². The van der Waals surface area contributed by atoms with Crippen molar-refractivity contribution >= 4 is 11.2 Å². The normalized spacial score (nSPS) is 17.2. The lowest BCUT2D eigenvalue weighted by Gasteiger charge is -2.22. The van der Waals surface area contributed by atoms with Crippen molar-refractivity contribution in [3.8, 4) is 0 Å². The van der Waals surface area contributed by atoms with Gasteiger partial charge in [-0.3, -0.25) is 0 Å². The van der Waals surface area contributed by atoms with Gasteiger partial charge < -0.3 is 4.55 Å². The van der Waals surface area contributed by atoms with Crippen LogP contribution < -0.4 is 0 Å². The van der Waals surface area contributed by atoms with Gasteiger partial charge in [-0.25, -0.2) is 0 Å². The summed E-state index contributed by atoms with van der Waals surface area (Å²) in [5.41, 5.74) is 3.79. The predicted molar refractivity (Wildman–Crippen MR) is 78.9 cm³/mol. The van der Waals surface area contributed by atoms with Gasteiger partial charge in [0.2, 0.25) is 0 Å². The first-order chi connectivity index (χ1) is 9.15. The third-order valence-corrected chi connectivity index (χ3v) is 5.12. The summed E-state index contributed by atoms with van der Waals surface area (Å²) in [6.45, 7) is 4.46. The summed E-state index contributed by atoms with van der Waals surface area (Å²) in [6.07, 6.45) is 1.99. The van der Waals surface area contributed by atoms with Crippen LogP contribution in [0.25, 0.3) is 0 Å². The van der Waals surface area contributed by atoms with Crippen molar-refractivity contribution < 1.29 is 4.55 Å². The van der Waals surface area contributed by atoms with E-state index in [2.05, 4.69) is 38.1 Å². The molecule has 1 aliphatic rings. The number of benzene rings is 2. The Balaban J connectivity index is 2.00. The molecule has 1 unspecified atom stereocenters. The molecule has 0 fully saturated rings. The third-order valence-electron chi connectivity index (χ3n) is 3.52. The van der Waals surface area contributed by atoms with Crippen LogP contribution in [0.1, 0.15) is 30.5 Å². The molecule has 0 amide bonds. The minimum absolute atomic E-state index is 0.652. The molecule has 1 nitrogen and oxygen atoms in total. The molecule has 1 atom stereocenters. The fourth-order valence-electron chi connectivity index (χ4n) is 2.70. The lowest BCUT2D eigenvalue weighted by atomic mass is 9.97. The van der Waals surface area contributed by atoms with E-state index >= 15 is 0 Å². The summed E-state index contributed by atoms with van der Waals surface area (Å²) in [5, 5.41) is 0. The topological polar surface area (TPSA) is 23.1 Å². The van der Waals surface area contributed by atoms with Crippen molar-refractivity contribution in [1.82, 2.24) is 0 Å². The van der Waals surface area contributed by atoms with Gasteiger partial charge in [-0.05, 0) is 30.0 Å². The van der Waals surface area contributed by atoms with Gasteiger partial charge in [0.15, 0.2) is 9.79 Å². The van der Waals surface area contributed by atoms with Crippen molar-refractivity contribution in [2.24, 2.45) is 5.92 Å². The lowest BCUT2D eigenvalue weighted by Crippen LogP contribution is -2.15. The van der Waals surface area contributed by atoms with E-state index < -0.39 is 11.2 Å². The summed E-state index contributed by atoms with van der Waals surface area (Å²) in [4.78, 5) is 1.97. The molecule has 0 bridgehead atoms. The van der Waals surface area contributed by atoms with Crippen LogP contribution in [0.3, 0.4) is 0 Å². The first-order valence-corrected chi connectivity index (χ1v) is 7.91. The molecule has 0 spiro atoms. The molecule has 1 heterocycles. The summed E-state index contributed by atoms with van der Waals surface area (Å²) in [6, 6.07) is 14.5. The van der Waals surface area contributed by atoms with Crippen LogP contribution in [0.5, 0.6) is 0 Å². The summed E-state index contributed by atoms with van der Waals surface area (Å²) < 4.78 is 12.6. The van der Waals surface area contributed by atoms with Crippen molar-refractivity contribution in [2.45, 2.75) is 36.5 Å². The molecule has 0 radical (unpaired) electrons. The molecule has 19 heavy (non-hydrogen) atoms. The first-order valence-electron chi connectivity index (χ1n) is 6.76. The highest BCUT2D eigenvalue weighted by Gasteiger charge is 2.27. The zero-order valence-electron chi connectivity index (χ0n) is 11.3. The second-order valence-corrected chi connectivity index (χ2v) is 7.01. The van der Waals surface area contributed by atoms with Gasteiger partial charge in [0.1, 0.15) is 0 Å². The zero-order chi connectivity index (χ0) is 13.4. The molecule has 2 heteroatoms. The molecule has 0 aliphatic carbocycles. The molecular formula is C17H18OS. The first kappa shape index (κ1) is 12.8. The largest absolute Gasteiger partial charge is 0.606 e. The van der Waals surface area contributed by atoms with E-state index in [1.807, 2.05) is 18.2 Å². The Hall–Kier alpha value is -1.25. The summed E-state index contributed by atoms with van der Waals surface area (Å²) >= 11 is -1.01. The molecule has 98 valence electrons. The van der Waals surface area contributed by atoms with Crippen LogP contribution in [0.4, 0.5) is 0 Å². The van der Waals surface area contributed by atoms with E-state index in [9.17, 15) is 4.55 Å². The van der Waals surface area contributed by atoms with Crippen molar-refractivity contribution in [2.75, 3.05) is 0 Å². The van der Waals surface area contributed by atoms with Crippen molar-refractivity contribution in [3.63, 3.8) is 0 Å². The molecule has 0 N–H and O–H groups in total. The van der Waals surface area contributed by atoms with E-state index in [4.69, 9.17) is 0 Å². The molecule has 2 aromatic carbocycles. The maximum Gasteiger partial charge on any atom is 0.161 e. The number of hydrogen-bond acceptors (Lipinski definition) is 1. The highest BCUT2D eigenvalue weighted by atomic mass is 32.2. The second-order valence-electron chi connectivity index (χ2n) is 5.59. The van der Waals surface area contributed by atoms with Crippen LogP contribution in [0.2, 0.25) is 0 Å². The van der Waals surface area contributed by atoms with E-state index in [-0.39, 0.29) is 0 Å². The minimum atomic E-state index is -1.01. The van der Waals surface area contributed by atoms with Crippen LogP contribution in [-0.2, 0) is 24.0 Å². The van der Waals surface area contributed by atoms with Crippen LogP contribution in [0.15, 0.2) is 52.3 Å². The smallest absolute Gasteiger partial charge is 0.161 e. The van der Waals surface area contributed by atoms with E-state index in [1.165, 1.54) is 16.7 Å². The summed E-state index contributed by atoms with van der Waals surface area (Å²) in [7, 11) is 0. The fraction of sp³-hybridized carbons (Fsp3) is 0.294. The standard InChI is InChI=1S/C17H18OS/c1-12(2)9-13-7-8-17-15(10-13)11-14-5-3-4-6-16(14)19(17)18/h3-8,10,12H,9,11H2,1-2H3. The Morgan fingerprint density at radius 1 is 1.05 bits per heavy atom. The average Bonchev–Trinajstić information content (AvgIpc) is 2.38. The van der Waals surface area contributed by atoms with Crippen LogP contribution in [0, 0.1) is 5.92 Å². The highest BCUT2D eigenvalue weighted by Crippen LogP contribution is 2.34.